The molecule has 4 heteroatoms. The Kier molecular flexibility index (Phi) is 7.92. The minimum absolute atomic E-state index is 0.635. The molecule has 2 aromatic heterocycles. The summed E-state index contributed by atoms with van der Waals surface area (Å²) in [5.74, 6) is 0.635. The first kappa shape index (κ1) is 33.0. The summed E-state index contributed by atoms with van der Waals surface area (Å²) in [5.41, 5.74) is 14.2. The first-order valence-electron chi connectivity index (χ1n) is 19.6. The van der Waals surface area contributed by atoms with E-state index in [1.165, 1.54) is 32.9 Å². The van der Waals surface area contributed by atoms with Crippen LogP contribution in [0.1, 0.15) is 18.4 Å². The number of allylic oxidation sites excluding steroid dienone is 4. The monoisotopic (exact) mass is 731 g/mol. The van der Waals surface area contributed by atoms with Crippen molar-refractivity contribution < 1.29 is 4.42 Å². The molecule has 0 atom stereocenters. The molecule has 4 nitrogen and oxygen atoms in total. The normalized spacial score (nSPS) is 12.8. The van der Waals surface area contributed by atoms with Gasteiger partial charge in [0.25, 0.3) is 0 Å². The molecule has 2 heterocycles. The molecular formula is C53H37N3O. The average molecular weight is 732 g/mol. The first-order chi connectivity index (χ1) is 28.3. The molecule has 57 heavy (non-hydrogen) atoms. The third kappa shape index (κ3) is 5.73. The standard InChI is InChI=1S/C53H37N3O/c1-4-14-36(15-5-1)39-18-12-21-42(34-39)55(43-30-33-51-48(35-43)46-22-10-11-25-50(46)56(51)40-19-8-3-9-20-40)41-28-26-37(27-29-41)44-23-13-24-47-45(44)31-32-49-52(47)57-53(54-49)38-16-6-2-7-17-38/h2-4,6-35H,1,5H2. The summed E-state index contributed by atoms with van der Waals surface area (Å²) >= 11 is 0. The molecule has 0 amide bonds. The Bertz CT molecular complexity index is 3170. The van der Waals surface area contributed by atoms with Crippen LogP contribution in [0.5, 0.6) is 0 Å². The molecular weight excluding hydrogens is 695 g/mol. The minimum atomic E-state index is 0.635. The van der Waals surface area contributed by atoms with E-state index < -0.39 is 0 Å². The summed E-state index contributed by atoms with van der Waals surface area (Å²) in [6.45, 7) is 0. The van der Waals surface area contributed by atoms with Crippen molar-refractivity contribution >= 4 is 66.3 Å². The number of hydrogen-bond donors (Lipinski definition) is 0. The summed E-state index contributed by atoms with van der Waals surface area (Å²) in [6, 6.07) is 65.0. The second-order valence-electron chi connectivity index (χ2n) is 14.7. The van der Waals surface area contributed by atoms with Crippen molar-refractivity contribution in [1.29, 1.82) is 0 Å². The second-order valence-corrected chi connectivity index (χ2v) is 14.7. The fourth-order valence-corrected chi connectivity index (χ4v) is 8.54. The Morgan fingerprint density at radius 1 is 0.491 bits per heavy atom. The van der Waals surface area contributed by atoms with Gasteiger partial charge in [0.05, 0.1) is 11.0 Å². The van der Waals surface area contributed by atoms with Gasteiger partial charge in [-0.2, -0.15) is 0 Å². The van der Waals surface area contributed by atoms with E-state index >= 15 is 0 Å². The molecule has 1 aliphatic carbocycles. The highest BCUT2D eigenvalue weighted by Crippen LogP contribution is 2.42. The summed E-state index contributed by atoms with van der Waals surface area (Å²) < 4.78 is 8.79. The SMILES string of the molecule is C1=CC(c2cccc(N(c3ccc(-c4cccc5c4ccc4nc(-c6ccccc6)oc45)cc3)c3ccc4c(c3)c3ccccc3n4-c3ccccc3)c2)=CCC1. The van der Waals surface area contributed by atoms with Gasteiger partial charge in [0.2, 0.25) is 5.89 Å². The van der Waals surface area contributed by atoms with Crippen LogP contribution in [0.25, 0.3) is 77.5 Å². The Hall–Kier alpha value is -7.43. The zero-order valence-corrected chi connectivity index (χ0v) is 31.2. The highest BCUT2D eigenvalue weighted by Gasteiger charge is 2.19. The highest BCUT2D eigenvalue weighted by molar-refractivity contribution is 6.11. The van der Waals surface area contributed by atoms with Crippen LogP contribution in [-0.2, 0) is 0 Å². The Balaban J connectivity index is 1.04. The van der Waals surface area contributed by atoms with Crippen molar-refractivity contribution in [2.75, 3.05) is 4.90 Å². The number of aromatic nitrogens is 2. The topological polar surface area (TPSA) is 34.2 Å². The lowest BCUT2D eigenvalue weighted by Crippen LogP contribution is -2.10. The zero-order chi connectivity index (χ0) is 37.7. The van der Waals surface area contributed by atoms with E-state index in [-0.39, 0.29) is 0 Å². The number of rotatable bonds is 7. The number of fused-ring (bicyclic) bond motifs is 6. The molecule has 0 saturated heterocycles. The third-order valence-corrected chi connectivity index (χ3v) is 11.2. The van der Waals surface area contributed by atoms with Crippen LogP contribution in [0.3, 0.4) is 0 Å². The molecule has 8 aromatic carbocycles. The van der Waals surface area contributed by atoms with Gasteiger partial charge in [-0.25, -0.2) is 4.98 Å². The number of anilines is 3. The maximum absolute atomic E-state index is 6.42. The largest absolute Gasteiger partial charge is 0.435 e. The number of hydrogen-bond acceptors (Lipinski definition) is 3. The predicted molar refractivity (Wildman–Crippen MR) is 238 cm³/mol. The van der Waals surface area contributed by atoms with Gasteiger partial charge in [-0.15, -0.1) is 0 Å². The van der Waals surface area contributed by atoms with E-state index in [0.717, 1.165) is 74.2 Å². The van der Waals surface area contributed by atoms with Crippen LogP contribution in [0.2, 0.25) is 0 Å². The first-order valence-corrected chi connectivity index (χ1v) is 19.6. The van der Waals surface area contributed by atoms with Crippen LogP contribution >= 0.6 is 0 Å². The minimum Gasteiger partial charge on any atom is -0.435 e. The van der Waals surface area contributed by atoms with Gasteiger partial charge in [0, 0.05) is 44.5 Å². The van der Waals surface area contributed by atoms with Gasteiger partial charge >= 0.3 is 0 Å². The van der Waals surface area contributed by atoms with Gasteiger partial charge in [-0.3, -0.25) is 0 Å². The van der Waals surface area contributed by atoms with Crippen molar-refractivity contribution in [3.8, 4) is 28.3 Å². The van der Waals surface area contributed by atoms with Crippen LogP contribution in [0.4, 0.5) is 17.1 Å². The van der Waals surface area contributed by atoms with E-state index in [4.69, 9.17) is 9.40 Å². The van der Waals surface area contributed by atoms with E-state index in [9.17, 15) is 0 Å². The smallest absolute Gasteiger partial charge is 0.227 e. The number of nitrogens with zero attached hydrogens (tertiary/aromatic N) is 3. The molecule has 270 valence electrons. The van der Waals surface area contributed by atoms with Crippen molar-refractivity contribution in [1.82, 2.24) is 9.55 Å². The Labute approximate surface area is 330 Å². The maximum Gasteiger partial charge on any atom is 0.227 e. The summed E-state index contributed by atoms with van der Waals surface area (Å²) in [7, 11) is 0. The summed E-state index contributed by atoms with van der Waals surface area (Å²) in [6.07, 6.45) is 9.03. The highest BCUT2D eigenvalue weighted by atomic mass is 16.3. The van der Waals surface area contributed by atoms with E-state index in [2.05, 4.69) is 179 Å². The number of para-hydroxylation sites is 2. The van der Waals surface area contributed by atoms with Crippen LogP contribution < -0.4 is 4.90 Å². The molecule has 0 bridgehead atoms. The van der Waals surface area contributed by atoms with Crippen LogP contribution in [-0.4, -0.2) is 9.55 Å². The third-order valence-electron chi connectivity index (χ3n) is 11.2. The summed E-state index contributed by atoms with van der Waals surface area (Å²) in [4.78, 5) is 7.22. The van der Waals surface area contributed by atoms with E-state index in [1.54, 1.807) is 0 Å². The van der Waals surface area contributed by atoms with Crippen LogP contribution in [0, 0.1) is 0 Å². The predicted octanol–water partition coefficient (Wildman–Crippen LogP) is 14.6. The molecule has 0 saturated carbocycles. The molecule has 0 spiro atoms. The van der Waals surface area contributed by atoms with Crippen molar-refractivity contribution in [2.45, 2.75) is 12.8 Å². The number of oxazole rings is 1. The van der Waals surface area contributed by atoms with Gasteiger partial charge in [0.1, 0.15) is 5.52 Å². The fraction of sp³-hybridized carbons (Fsp3) is 0.0377. The van der Waals surface area contributed by atoms with E-state index in [0.29, 0.717) is 5.89 Å². The van der Waals surface area contributed by atoms with Crippen molar-refractivity contribution in [3.63, 3.8) is 0 Å². The Morgan fingerprint density at radius 2 is 1.21 bits per heavy atom. The fourth-order valence-electron chi connectivity index (χ4n) is 8.54. The maximum atomic E-state index is 6.42. The molecule has 0 fully saturated rings. The molecule has 1 aliphatic rings. The van der Waals surface area contributed by atoms with Crippen molar-refractivity contribution in [2.24, 2.45) is 0 Å². The molecule has 10 aromatic rings. The second kappa shape index (κ2) is 13.7. The lowest BCUT2D eigenvalue weighted by atomic mass is 9.97. The molecule has 0 radical (unpaired) electrons. The van der Waals surface area contributed by atoms with Gasteiger partial charge < -0.3 is 13.9 Å². The number of benzene rings is 8. The molecule has 0 unspecified atom stereocenters. The quantitative estimate of drug-likeness (QED) is 0.164. The van der Waals surface area contributed by atoms with Crippen LogP contribution in [0.15, 0.2) is 205 Å². The molecule has 0 N–H and O–H groups in total. The van der Waals surface area contributed by atoms with Crippen molar-refractivity contribution in [3.05, 3.63) is 206 Å². The van der Waals surface area contributed by atoms with E-state index in [1.807, 2.05) is 30.3 Å². The van der Waals surface area contributed by atoms with Gasteiger partial charge in [0.15, 0.2) is 5.58 Å². The summed E-state index contributed by atoms with van der Waals surface area (Å²) in [5, 5.41) is 4.63. The Morgan fingerprint density at radius 3 is 2.05 bits per heavy atom. The van der Waals surface area contributed by atoms with Gasteiger partial charge in [-0.05, 0) is 119 Å². The lowest BCUT2D eigenvalue weighted by molar-refractivity contribution is 0.623. The van der Waals surface area contributed by atoms with Gasteiger partial charge in [-0.1, -0.05) is 121 Å². The molecule has 0 aliphatic heterocycles. The lowest BCUT2D eigenvalue weighted by Gasteiger charge is -2.27. The zero-order valence-electron chi connectivity index (χ0n) is 31.2. The average Bonchev–Trinajstić information content (AvgIpc) is 3.88. The molecule has 11 rings (SSSR count).